The summed E-state index contributed by atoms with van der Waals surface area (Å²) in [5, 5.41) is 2.91. The van der Waals surface area contributed by atoms with Crippen LogP contribution in [0.3, 0.4) is 0 Å². The number of alkyl halides is 3. The second kappa shape index (κ2) is 5.81. The van der Waals surface area contributed by atoms with Gasteiger partial charge in [-0.25, -0.2) is 0 Å². The van der Waals surface area contributed by atoms with Crippen molar-refractivity contribution in [2.75, 3.05) is 32.8 Å². The zero-order valence-electron chi connectivity index (χ0n) is 12.5. The highest BCUT2D eigenvalue weighted by atomic mass is 19.4. The lowest BCUT2D eigenvalue weighted by atomic mass is 9.63. The molecule has 2 fully saturated rings. The summed E-state index contributed by atoms with van der Waals surface area (Å²) in [6.45, 7) is 8.25. The first-order valence-corrected chi connectivity index (χ1v) is 7.40. The van der Waals surface area contributed by atoms with E-state index in [1.807, 2.05) is 11.8 Å². The lowest BCUT2D eigenvalue weighted by molar-refractivity contribution is -0.190. The van der Waals surface area contributed by atoms with Crippen LogP contribution in [0.5, 0.6) is 0 Å². The van der Waals surface area contributed by atoms with E-state index >= 15 is 0 Å². The Morgan fingerprint density at radius 2 is 2.05 bits per heavy atom. The van der Waals surface area contributed by atoms with Crippen molar-refractivity contribution in [1.29, 1.82) is 0 Å². The standard InChI is InChI=1S/C14H25F3N2O/c1-4-20-12-7-11(13(12,2)3)19-6-5-18-8-10(9-19)14(15,16)17/h10-12,18H,4-9H2,1-3H3. The summed E-state index contributed by atoms with van der Waals surface area (Å²) in [5.74, 6) is -1.27. The number of halogens is 3. The molecule has 2 aliphatic rings. The molecule has 0 aromatic rings. The Hall–Kier alpha value is -0.330. The van der Waals surface area contributed by atoms with Crippen LogP contribution in [0.1, 0.15) is 27.2 Å². The van der Waals surface area contributed by atoms with Crippen LogP contribution in [0.2, 0.25) is 0 Å². The Bertz CT molecular complexity index is 333. The molecule has 1 saturated heterocycles. The van der Waals surface area contributed by atoms with E-state index in [1.54, 1.807) is 0 Å². The fraction of sp³-hybridized carbons (Fsp3) is 1.00. The molecule has 2 rings (SSSR count). The SMILES string of the molecule is CCOC1CC(N2CCNCC(C(F)(F)F)C2)C1(C)C. The molecule has 3 nitrogen and oxygen atoms in total. The first-order valence-electron chi connectivity index (χ1n) is 7.40. The quantitative estimate of drug-likeness (QED) is 0.864. The third-order valence-electron chi connectivity index (χ3n) is 4.82. The molecule has 0 spiro atoms. The van der Waals surface area contributed by atoms with Crippen molar-refractivity contribution in [3.05, 3.63) is 0 Å². The molecule has 0 amide bonds. The molecule has 1 aliphatic heterocycles. The zero-order chi connectivity index (χ0) is 15.0. The van der Waals surface area contributed by atoms with Crippen molar-refractivity contribution in [3.8, 4) is 0 Å². The number of nitrogens with zero attached hydrogens (tertiary/aromatic N) is 1. The maximum atomic E-state index is 13.0. The van der Waals surface area contributed by atoms with Gasteiger partial charge in [0, 0.05) is 44.2 Å². The summed E-state index contributed by atoms with van der Waals surface area (Å²) >= 11 is 0. The Morgan fingerprint density at radius 3 is 2.60 bits per heavy atom. The largest absolute Gasteiger partial charge is 0.394 e. The average molecular weight is 294 g/mol. The topological polar surface area (TPSA) is 24.5 Å². The molecule has 0 aromatic carbocycles. The van der Waals surface area contributed by atoms with Crippen LogP contribution >= 0.6 is 0 Å². The minimum atomic E-state index is -4.12. The van der Waals surface area contributed by atoms with E-state index in [2.05, 4.69) is 19.2 Å². The lowest BCUT2D eigenvalue weighted by Crippen LogP contribution is -2.63. The normalized spacial score (nSPS) is 35.4. The molecule has 0 radical (unpaired) electrons. The monoisotopic (exact) mass is 294 g/mol. The molecule has 0 aromatic heterocycles. The van der Waals surface area contributed by atoms with Crippen LogP contribution in [0.25, 0.3) is 0 Å². The minimum Gasteiger partial charge on any atom is -0.378 e. The number of hydrogen-bond donors (Lipinski definition) is 1. The van der Waals surface area contributed by atoms with Gasteiger partial charge in [0.25, 0.3) is 0 Å². The lowest BCUT2D eigenvalue weighted by Gasteiger charge is -2.56. The molecular weight excluding hydrogens is 269 g/mol. The van der Waals surface area contributed by atoms with Gasteiger partial charge in [-0.15, -0.1) is 0 Å². The second-order valence-electron chi connectivity index (χ2n) is 6.45. The molecule has 1 aliphatic carbocycles. The Kier molecular flexibility index (Phi) is 4.66. The molecule has 20 heavy (non-hydrogen) atoms. The van der Waals surface area contributed by atoms with Crippen molar-refractivity contribution >= 4 is 0 Å². The molecular formula is C14H25F3N2O. The van der Waals surface area contributed by atoms with Crippen molar-refractivity contribution in [2.24, 2.45) is 11.3 Å². The number of nitrogens with one attached hydrogen (secondary N) is 1. The fourth-order valence-corrected chi connectivity index (χ4v) is 3.41. The molecule has 3 unspecified atom stereocenters. The third-order valence-corrected chi connectivity index (χ3v) is 4.82. The molecule has 118 valence electrons. The van der Waals surface area contributed by atoms with Crippen molar-refractivity contribution in [2.45, 2.75) is 45.5 Å². The van der Waals surface area contributed by atoms with E-state index in [1.165, 1.54) is 0 Å². The van der Waals surface area contributed by atoms with Gasteiger partial charge < -0.3 is 10.1 Å². The van der Waals surface area contributed by atoms with Crippen molar-refractivity contribution in [1.82, 2.24) is 10.2 Å². The molecule has 6 heteroatoms. The highest BCUT2D eigenvalue weighted by Gasteiger charge is 2.53. The van der Waals surface area contributed by atoms with Crippen LogP contribution in [0.15, 0.2) is 0 Å². The van der Waals surface area contributed by atoms with Crippen LogP contribution in [-0.2, 0) is 4.74 Å². The van der Waals surface area contributed by atoms with Gasteiger partial charge in [-0.2, -0.15) is 13.2 Å². The highest BCUT2D eigenvalue weighted by Crippen LogP contribution is 2.46. The fourth-order valence-electron chi connectivity index (χ4n) is 3.41. The highest BCUT2D eigenvalue weighted by molar-refractivity contribution is 5.04. The Balaban J connectivity index is 2.01. The summed E-state index contributed by atoms with van der Waals surface area (Å²) in [6.07, 6.45) is -3.12. The van der Waals surface area contributed by atoms with E-state index < -0.39 is 12.1 Å². The number of rotatable bonds is 3. The van der Waals surface area contributed by atoms with Gasteiger partial charge in [-0.3, -0.25) is 4.90 Å². The molecule has 3 atom stereocenters. The van der Waals surface area contributed by atoms with Crippen LogP contribution in [-0.4, -0.2) is 56.0 Å². The average Bonchev–Trinajstić information content (AvgIpc) is 2.59. The Labute approximate surface area is 118 Å². The molecule has 0 bridgehead atoms. The summed E-state index contributed by atoms with van der Waals surface area (Å²) in [7, 11) is 0. The summed E-state index contributed by atoms with van der Waals surface area (Å²) in [5.41, 5.74) is -0.0729. The van der Waals surface area contributed by atoms with Crippen LogP contribution in [0.4, 0.5) is 13.2 Å². The van der Waals surface area contributed by atoms with Crippen LogP contribution in [0, 0.1) is 11.3 Å². The smallest absolute Gasteiger partial charge is 0.378 e. The van der Waals surface area contributed by atoms with E-state index in [0.717, 1.165) is 6.42 Å². The van der Waals surface area contributed by atoms with Crippen LogP contribution < -0.4 is 5.32 Å². The third kappa shape index (κ3) is 3.12. The first kappa shape index (κ1) is 16.0. The number of hydrogen-bond acceptors (Lipinski definition) is 3. The minimum absolute atomic E-state index is 0.0298. The second-order valence-corrected chi connectivity index (χ2v) is 6.45. The van der Waals surface area contributed by atoms with Crippen molar-refractivity contribution in [3.63, 3.8) is 0 Å². The molecule has 1 heterocycles. The zero-order valence-corrected chi connectivity index (χ0v) is 12.5. The predicted molar refractivity (Wildman–Crippen MR) is 71.6 cm³/mol. The molecule has 1 saturated carbocycles. The van der Waals surface area contributed by atoms with E-state index in [9.17, 15) is 13.2 Å². The van der Waals surface area contributed by atoms with E-state index in [0.29, 0.717) is 19.7 Å². The predicted octanol–water partition coefficient (Wildman–Crippen LogP) is 2.27. The van der Waals surface area contributed by atoms with Gasteiger partial charge in [-0.1, -0.05) is 13.8 Å². The van der Waals surface area contributed by atoms with Gasteiger partial charge in [0.15, 0.2) is 0 Å². The van der Waals surface area contributed by atoms with E-state index in [4.69, 9.17) is 4.74 Å². The summed E-state index contributed by atoms with van der Waals surface area (Å²) in [4.78, 5) is 2.01. The first-order chi connectivity index (χ1) is 9.26. The van der Waals surface area contributed by atoms with Gasteiger partial charge in [0.1, 0.15) is 0 Å². The maximum absolute atomic E-state index is 13.0. The number of ether oxygens (including phenoxy) is 1. The van der Waals surface area contributed by atoms with Gasteiger partial charge in [0.2, 0.25) is 0 Å². The van der Waals surface area contributed by atoms with Crippen molar-refractivity contribution < 1.29 is 17.9 Å². The Morgan fingerprint density at radius 1 is 1.35 bits per heavy atom. The summed E-state index contributed by atoms with van der Waals surface area (Å²) in [6, 6.07) is 0.184. The summed E-state index contributed by atoms with van der Waals surface area (Å²) < 4.78 is 44.6. The maximum Gasteiger partial charge on any atom is 0.394 e. The van der Waals surface area contributed by atoms with Gasteiger partial charge in [0.05, 0.1) is 12.0 Å². The molecule has 1 N–H and O–H groups in total. The van der Waals surface area contributed by atoms with Gasteiger partial charge >= 0.3 is 6.18 Å². The van der Waals surface area contributed by atoms with Gasteiger partial charge in [-0.05, 0) is 13.3 Å². The van der Waals surface area contributed by atoms with E-state index in [-0.39, 0.29) is 30.7 Å².